The maximum Gasteiger partial charge on any atom is 0.127 e. The molecule has 0 aliphatic rings. The first-order valence-electron chi connectivity index (χ1n) is 7.25. The summed E-state index contributed by atoms with van der Waals surface area (Å²) in [5.41, 5.74) is 1.12. The summed E-state index contributed by atoms with van der Waals surface area (Å²) in [5.74, 6) is 0.844. The van der Waals surface area contributed by atoms with Crippen molar-refractivity contribution in [3.8, 4) is 5.75 Å². The molecule has 3 rings (SSSR count). The summed E-state index contributed by atoms with van der Waals surface area (Å²) in [6.07, 6.45) is 0.753. The van der Waals surface area contributed by atoms with Crippen molar-refractivity contribution in [1.29, 1.82) is 0 Å². The van der Waals surface area contributed by atoms with Gasteiger partial charge in [-0.3, -0.25) is 0 Å². The average molecular weight is 331 g/mol. The molecule has 3 aromatic carbocycles. The number of hydrogen-bond donors (Lipinski definition) is 0. The molecule has 0 amide bonds. The molecule has 0 bridgehead atoms. The first-order chi connectivity index (χ1) is 10.8. The molecule has 112 valence electrons. The van der Waals surface area contributed by atoms with Gasteiger partial charge in [0.05, 0.1) is 12.0 Å². The third-order valence-electron chi connectivity index (χ3n) is 3.62. The smallest absolute Gasteiger partial charge is 0.127 e. The first kappa shape index (κ1) is 15.2. The van der Waals surface area contributed by atoms with Gasteiger partial charge in [-0.15, -0.1) is 11.6 Å². The van der Waals surface area contributed by atoms with Gasteiger partial charge < -0.3 is 4.74 Å². The van der Waals surface area contributed by atoms with Crippen molar-refractivity contribution in [2.24, 2.45) is 0 Å². The normalized spacial score (nSPS) is 12.3. The molecule has 0 saturated heterocycles. The lowest BCUT2D eigenvalue weighted by Gasteiger charge is -2.13. The topological polar surface area (TPSA) is 9.23 Å². The molecule has 3 aromatic rings. The van der Waals surface area contributed by atoms with Crippen LogP contribution < -0.4 is 4.74 Å². The Morgan fingerprint density at radius 2 is 1.50 bits per heavy atom. The van der Waals surface area contributed by atoms with Gasteiger partial charge in [-0.2, -0.15) is 0 Å². The van der Waals surface area contributed by atoms with Gasteiger partial charge in [0.2, 0.25) is 0 Å². The van der Waals surface area contributed by atoms with Crippen LogP contribution in [-0.4, -0.2) is 6.61 Å². The number of halogens is 2. The fraction of sp³-hybridized carbons (Fsp3) is 0.158. The quantitative estimate of drug-likeness (QED) is 0.503. The van der Waals surface area contributed by atoms with Crippen molar-refractivity contribution in [2.45, 2.75) is 11.8 Å². The second-order valence-electron chi connectivity index (χ2n) is 5.11. The van der Waals surface area contributed by atoms with Gasteiger partial charge >= 0.3 is 0 Å². The van der Waals surface area contributed by atoms with Crippen molar-refractivity contribution >= 4 is 34.0 Å². The Hall–Kier alpha value is -1.70. The summed E-state index contributed by atoms with van der Waals surface area (Å²) in [4.78, 5) is 0. The van der Waals surface area contributed by atoms with Crippen LogP contribution in [0.1, 0.15) is 17.4 Å². The number of hydrogen-bond acceptors (Lipinski definition) is 1. The van der Waals surface area contributed by atoms with Gasteiger partial charge in [-0.25, -0.2) is 0 Å². The predicted octanol–water partition coefficient (Wildman–Crippen LogP) is 6.24. The van der Waals surface area contributed by atoms with Crippen molar-refractivity contribution in [1.82, 2.24) is 0 Å². The minimum atomic E-state index is -0.0419. The van der Waals surface area contributed by atoms with Crippen LogP contribution in [0.15, 0.2) is 66.7 Å². The molecule has 0 aliphatic carbocycles. The molecule has 0 saturated carbocycles. The van der Waals surface area contributed by atoms with Crippen LogP contribution in [0.4, 0.5) is 0 Å². The molecule has 22 heavy (non-hydrogen) atoms. The van der Waals surface area contributed by atoms with Gasteiger partial charge in [0.25, 0.3) is 0 Å². The maximum absolute atomic E-state index is 6.41. The molecule has 0 spiro atoms. The van der Waals surface area contributed by atoms with E-state index in [0.717, 1.165) is 33.5 Å². The van der Waals surface area contributed by atoms with Crippen molar-refractivity contribution in [3.05, 3.63) is 77.3 Å². The summed E-state index contributed by atoms with van der Waals surface area (Å²) in [6, 6.07) is 21.8. The summed E-state index contributed by atoms with van der Waals surface area (Å²) in [5, 5.41) is 2.73. The highest BCUT2D eigenvalue weighted by Crippen LogP contribution is 2.32. The number of ether oxygens (including phenoxy) is 1. The molecule has 0 fully saturated rings. The van der Waals surface area contributed by atoms with E-state index in [-0.39, 0.29) is 5.38 Å². The standard InChI is InChI=1S/C19H16Cl2O/c20-17(14-6-2-1-3-7-14)12-13-22-19-11-10-18(21)15-8-4-5-9-16(15)19/h1-11,17H,12-13H2. The Balaban J connectivity index is 1.69. The molecular formula is C19H16Cl2O. The van der Waals surface area contributed by atoms with Crippen LogP contribution in [-0.2, 0) is 0 Å². The zero-order valence-electron chi connectivity index (χ0n) is 12.0. The Labute approximate surface area is 140 Å². The maximum atomic E-state index is 6.41. The van der Waals surface area contributed by atoms with Gasteiger partial charge in [-0.1, -0.05) is 66.2 Å². The molecule has 0 heterocycles. The van der Waals surface area contributed by atoms with Crippen molar-refractivity contribution in [2.75, 3.05) is 6.61 Å². The Bertz CT molecular complexity index is 756. The van der Waals surface area contributed by atoms with Crippen LogP contribution in [0.25, 0.3) is 10.8 Å². The van der Waals surface area contributed by atoms with E-state index in [0.29, 0.717) is 6.61 Å². The highest BCUT2D eigenvalue weighted by Gasteiger charge is 2.09. The van der Waals surface area contributed by atoms with E-state index in [1.807, 2.05) is 66.7 Å². The van der Waals surface area contributed by atoms with Crippen LogP contribution in [0.3, 0.4) is 0 Å². The van der Waals surface area contributed by atoms with E-state index >= 15 is 0 Å². The lowest BCUT2D eigenvalue weighted by Crippen LogP contribution is -2.02. The molecular weight excluding hydrogens is 315 g/mol. The highest BCUT2D eigenvalue weighted by molar-refractivity contribution is 6.35. The average Bonchev–Trinajstić information content (AvgIpc) is 2.58. The molecule has 0 radical (unpaired) electrons. The van der Waals surface area contributed by atoms with Gasteiger partial charge in [0, 0.05) is 22.2 Å². The zero-order valence-corrected chi connectivity index (χ0v) is 13.5. The monoisotopic (exact) mass is 330 g/mol. The number of benzene rings is 3. The van der Waals surface area contributed by atoms with E-state index in [1.165, 1.54) is 0 Å². The lowest BCUT2D eigenvalue weighted by atomic mass is 10.1. The zero-order chi connectivity index (χ0) is 15.4. The van der Waals surface area contributed by atoms with E-state index < -0.39 is 0 Å². The largest absolute Gasteiger partial charge is 0.493 e. The minimum Gasteiger partial charge on any atom is -0.493 e. The van der Waals surface area contributed by atoms with Crippen molar-refractivity contribution < 1.29 is 4.74 Å². The van der Waals surface area contributed by atoms with Gasteiger partial charge in [0.15, 0.2) is 0 Å². The van der Waals surface area contributed by atoms with Crippen LogP contribution >= 0.6 is 23.2 Å². The number of rotatable bonds is 5. The highest BCUT2D eigenvalue weighted by atomic mass is 35.5. The number of fused-ring (bicyclic) bond motifs is 1. The second-order valence-corrected chi connectivity index (χ2v) is 6.04. The molecule has 1 atom stereocenters. The van der Waals surface area contributed by atoms with E-state index in [4.69, 9.17) is 27.9 Å². The fourth-order valence-electron chi connectivity index (χ4n) is 2.46. The van der Waals surface area contributed by atoms with Crippen LogP contribution in [0, 0.1) is 0 Å². The van der Waals surface area contributed by atoms with Gasteiger partial charge in [0.1, 0.15) is 5.75 Å². The summed E-state index contributed by atoms with van der Waals surface area (Å²) in [7, 11) is 0. The van der Waals surface area contributed by atoms with E-state index in [2.05, 4.69) is 0 Å². The van der Waals surface area contributed by atoms with Gasteiger partial charge in [-0.05, 0) is 17.7 Å². The molecule has 1 unspecified atom stereocenters. The Kier molecular flexibility index (Phi) is 4.87. The number of alkyl halides is 1. The van der Waals surface area contributed by atoms with Crippen LogP contribution in [0.5, 0.6) is 5.75 Å². The van der Waals surface area contributed by atoms with E-state index in [1.54, 1.807) is 0 Å². The summed E-state index contributed by atoms with van der Waals surface area (Å²) >= 11 is 12.6. The third kappa shape index (κ3) is 3.37. The first-order valence-corrected chi connectivity index (χ1v) is 8.06. The van der Waals surface area contributed by atoms with E-state index in [9.17, 15) is 0 Å². The predicted molar refractivity (Wildman–Crippen MR) is 94.1 cm³/mol. The van der Waals surface area contributed by atoms with Crippen LogP contribution in [0.2, 0.25) is 5.02 Å². The SMILES string of the molecule is Clc1ccc(OCCC(Cl)c2ccccc2)c2ccccc12. The second kappa shape index (κ2) is 7.04. The molecule has 0 aromatic heterocycles. The third-order valence-corrected chi connectivity index (χ3v) is 4.42. The fourth-order valence-corrected chi connectivity index (χ4v) is 2.92. The van der Waals surface area contributed by atoms with Crippen molar-refractivity contribution in [3.63, 3.8) is 0 Å². The Morgan fingerprint density at radius 3 is 2.27 bits per heavy atom. The minimum absolute atomic E-state index is 0.0419. The molecule has 3 heteroatoms. The summed E-state index contributed by atoms with van der Waals surface area (Å²) < 4.78 is 5.92. The molecule has 0 aliphatic heterocycles. The molecule has 1 nitrogen and oxygen atoms in total. The summed E-state index contributed by atoms with van der Waals surface area (Å²) in [6.45, 7) is 0.564. The Morgan fingerprint density at radius 1 is 0.818 bits per heavy atom. The molecule has 0 N–H and O–H groups in total. The lowest BCUT2D eigenvalue weighted by molar-refractivity contribution is 0.312.